The second-order valence-electron chi connectivity index (χ2n) is 3.97. The molecule has 3 nitrogen and oxygen atoms in total. The van der Waals surface area contributed by atoms with Gasteiger partial charge in [0.1, 0.15) is 11.5 Å². The van der Waals surface area contributed by atoms with Crippen LogP contribution in [0.5, 0.6) is 0 Å². The van der Waals surface area contributed by atoms with Gasteiger partial charge in [-0.05, 0) is 40.0 Å². The maximum atomic E-state index is 13.1. The molecule has 1 atom stereocenters. The Morgan fingerprint density at radius 2 is 2.28 bits per heavy atom. The van der Waals surface area contributed by atoms with Gasteiger partial charge < -0.3 is 0 Å². The van der Waals surface area contributed by atoms with Crippen molar-refractivity contribution in [2.45, 2.75) is 25.3 Å². The first-order valence-electron chi connectivity index (χ1n) is 5.58. The lowest BCUT2D eigenvalue weighted by atomic mass is 10.2. The van der Waals surface area contributed by atoms with Gasteiger partial charge in [0.25, 0.3) is 0 Å². The number of aromatic nitrogens is 3. The molecule has 0 saturated heterocycles. The molecule has 0 aliphatic heterocycles. The molecule has 1 aromatic heterocycles. The molecule has 1 unspecified atom stereocenters. The van der Waals surface area contributed by atoms with Crippen molar-refractivity contribution in [3.8, 4) is 0 Å². The SMILES string of the molecule is CCC(Cl)c1cn(Cc2ccc(F)c(Br)c2)nn1. The summed E-state index contributed by atoms with van der Waals surface area (Å²) in [7, 11) is 0. The van der Waals surface area contributed by atoms with Crippen molar-refractivity contribution in [2.75, 3.05) is 0 Å². The fraction of sp³-hybridized carbons (Fsp3) is 0.333. The Morgan fingerprint density at radius 1 is 1.50 bits per heavy atom. The third kappa shape index (κ3) is 3.09. The third-order valence-corrected chi connectivity index (χ3v) is 3.70. The molecule has 0 spiro atoms. The zero-order valence-corrected chi connectivity index (χ0v) is 12.1. The summed E-state index contributed by atoms with van der Waals surface area (Å²) in [6, 6.07) is 4.88. The number of hydrogen-bond acceptors (Lipinski definition) is 2. The van der Waals surface area contributed by atoms with E-state index in [0.29, 0.717) is 11.0 Å². The van der Waals surface area contributed by atoms with Gasteiger partial charge in [-0.3, -0.25) is 0 Å². The summed E-state index contributed by atoms with van der Waals surface area (Å²) >= 11 is 9.24. The van der Waals surface area contributed by atoms with E-state index in [1.54, 1.807) is 16.8 Å². The summed E-state index contributed by atoms with van der Waals surface area (Å²) in [4.78, 5) is 0. The normalized spacial score (nSPS) is 12.7. The minimum Gasteiger partial charge on any atom is -0.248 e. The van der Waals surface area contributed by atoms with Crippen LogP contribution in [0.15, 0.2) is 28.9 Å². The Kier molecular flexibility index (Phi) is 4.35. The van der Waals surface area contributed by atoms with E-state index in [-0.39, 0.29) is 11.2 Å². The van der Waals surface area contributed by atoms with Crippen molar-refractivity contribution >= 4 is 27.5 Å². The van der Waals surface area contributed by atoms with E-state index in [9.17, 15) is 4.39 Å². The van der Waals surface area contributed by atoms with Gasteiger partial charge in [-0.2, -0.15) is 0 Å². The van der Waals surface area contributed by atoms with Crippen LogP contribution in [0.2, 0.25) is 0 Å². The summed E-state index contributed by atoms with van der Waals surface area (Å²) in [5.74, 6) is -0.273. The van der Waals surface area contributed by atoms with Gasteiger partial charge in [-0.25, -0.2) is 9.07 Å². The minimum atomic E-state index is -0.273. The first-order valence-corrected chi connectivity index (χ1v) is 6.81. The molecule has 1 aromatic carbocycles. The van der Waals surface area contributed by atoms with E-state index in [4.69, 9.17) is 11.6 Å². The van der Waals surface area contributed by atoms with Crippen molar-refractivity contribution in [2.24, 2.45) is 0 Å². The second kappa shape index (κ2) is 5.80. The highest BCUT2D eigenvalue weighted by Crippen LogP contribution is 2.21. The van der Waals surface area contributed by atoms with E-state index in [1.807, 2.05) is 13.1 Å². The van der Waals surface area contributed by atoms with E-state index in [0.717, 1.165) is 17.7 Å². The number of halogens is 3. The van der Waals surface area contributed by atoms with Crippen LogP contribution in [0.4, 0.5) is 4.39 Å². The lowest BCUT2D eigenvalue weighted by molar-refractivity contribution is 0.615. The number of benzene rings is 1. The topological polar surface area (TPSA) is 30.7 Å². The van der Waals surface area contributed by atoms with Crippen molar-refractivity contribution in [1.82, 2.24) is 15.0 Å². The quantitative estimate of drug-likeness (QED) is 0.795. The standard InChI is InChI=1S/C12H12BrClFN3/c1-2-10(14)12-7-18(17-16-12)6-8-3-4-11(15)9(13)5-8/h3-5,7,10H,2,6H2,1H3. The van der Waals surface area contributed by atoms with E-state index >= 15 is 0 Å². The first kappa shape index (κ1) is 13.5. The molecular formula is C12H12BrClFN3. The van der Waals surface area contributed by atoms with Gasteiger partial charge in [0.05, 0.1) is 22.6 Å². The predicted octanol–water partition coefficient (Wildman–Crippen LogP) is 3.92. The Morgan fingerprint density at radius 3 is 2.94 bits per heavy atom. The van der Waals surface area contributed by atoms with E-state index < -0.39 is 0 Å². The van der Waals surface area contributed by atoms with Crippen molar-refractivity contribution < 1.29 is 4.39 Å². The molecule has 0 fully saturated rings. The predicted molar refractivity (Wildman–Crippen MR) is 72.1 cm³/mol. The molecule has 18 heavy (non-hydrogen) atoms. The highest BCUT2D eigenvalue weighted by atomic mass is 79.9. The highest BCUT2D eigenvalue weighted by Gasteiger charge is 2.10. The number of rotatable bonds is 4. The Balaban J connectivity index is 2.13. The Hall–Kier alpha value is -0.940. The molecule has 2 rings (SSSR count). The smallest absolute Gasteiger partial charge is 0.137 e. The summed E-state index contributed by atoms with van der Waals surface area (Å²) in [5.41, 5.74) is 1.71. The van der Waals surface area contributed by atoms with Gasteiger partial charge in [0.15, 0.2) is 0 Å². The monoisotopic (exact) mass is 331 g/mol. The molecule has 1 heterocycles. The van der Waals surface area contributed by atoms with Crippen LogP contribution in [0, 0.1) is 5.82 Å². The molecule has 6 heteroatoms. The Bertz CT molecular complexity index is 544. The van der Waals surface area contributed by atoms with Gasteiger partial charge in [-0.1, -0.05) is 18.2 Å². The summed E-state index contributed by atoms with van der Waals surface area (Å²) in [6.07, 6.45) is 2.63. The van der Waals surface area contributed by atoms with Gasteiger partial charge >= 0.3 is 0 Å². The van der Waals surface area contributed by atoms with Crippen LogP contribution in [0.1, 0.15) is 30.0 Å². The molecule has 0 radical (unpaired) electrons. The van der Waals surface area contributed by atoms with Crippen molar-refractivity contribution in [1.29, 1.82) is 0 Å². The fourth-order valence-electron chi connectivity index (χ4n) is 1.57. The second-order valence-corrected chi connectivity index (χ2v) is 5.35. The largest absolute Gasteiger partial charge is 0.248 e. The lowest BCUT2D eigenvalue weighted by Crippen LogP contribution is -2.00. The van der Waals surface area contributed by atoms with Crippen LogP contribution in [0.25, 0.3) is 0 Å². The maximum Gasteiger partial charge on any atom is 0.137 e. The minimum absolute atomic E-state index is 0.112. The van der Waals surface area contributed by atoms with Crippen LogP contribution in [-0.2, 0) is 6.54 Å². The Labute approximate surface area is 118 Å². The average Bonchev–Trinajstić information content (AvgIpc) is 2.81. The molecule has 96 valence electrons. The van der Waals surface area contributed by atoms with Crippen molar-refractivity contribution in [3.05, 3.63) is 45.9 Å². The molecule has 0 amide bonds. The zero-order valence-electron chi connectivity index (χ0n) is 9.78. The number of alkyl halides is 1. The molecule has 0 aliphatic carbocycles. The molecule has 2 aromatic rings. The van der Waals surface area contributed by atoms with Crippen molar-refractivity contribution in [3.63, 3.8) is 0 Å². The van der Waals surface area contributed by atoms with E-state index in [1.165, 1.54) is 6.07 Å². The lowest BCUT2D eigenvalue weighted by Gasteiger charge is -2.02. The van der Waals surface area contributed by atoms with Gasteiger partial charge in [0.2, 0.25) is 0 Å². The summed E-state index contributed by atoms with van der Waals surface area (Å²) in [6.45, 7) is 2.53. The summed E-state index contributed by atoms with van der Waals surface area (Å²) in [5, 5.41) is 7.91. The molecular weight excluding hydrogens is 321 g/mol. The molecule has 0 N–H and O–H groups in total. The van der Waals surface area contributed by atoms with Crippen LogP contribution < -0.4 is 0 Å². The molecule has 0 bridgehead atoms. The molecule has 0 saturated carbocycles. The van der Waals surface area contributed by atoms with Gasteiger partial charge in [-0.15, -0.1) is 16.7 Å². The molecule has 0 aliphatic rings. The zero-order chi connectivity index (χ0) is 13.1. The summed E-state index contributed by atoms with van der Waals surface area (Å²) < 4.78 is 15.2. The van der Waals surface area contributed by atoms with E-state index in [2.05, 4.69) is 26.2 Å². The first-order chi connectivity index (χ1) is 8.60. The average molecular weight is 333 g/mol. The van der Waals surface area contributed by atoms with Crippen LogP contribution >= 0.6 is 27.5 Å². The third-order valence-electron chi connectivity index (χ3n) is 2.56. The van der Waals surface area contributed by atoms with Crippen LogP contribution in [-0.4, -0.2) is 15.0 Å². The number of nitrogens with zero attached hydrogens (tertiary/aromatic N) is 3. The number of hydrogen-bond donors (Lipinski definition) is 0. The van der Waals surface area contributed by atoms with Crippen LogP contribution in [0.3, 0.4) is 0 Å². The highest BCUT2D eigenvalue weighted by molar-refractivity contribution is 9.10. The fourth-order valence-corrected chi connectivity index (χ4v) is 2.09. The van der Waals surface area contributed by atoms with Gasteiger partial charge in [0, 0.05) is 0 Å². The maximum absolute atomic E-state index is 13.1.